The first-order chi connectivity index (χ1) is 9.66. The van der Waals surface area contributed by atoms with Gasteiger partial charge in [0.05, 0.1) is 0 Å². The Morgan fingerprint density at radius 3 is 2.43 bits per heavy atom. The summed E-state index contributed by atoms with van der Waals surface area (Å²) < 4.78 is 5.55. The molecule has 1 aliphatic rings. The molecule has 21 heavy (non-hydrogen) atoms. The summed E-state index contributed by atoms with van der Waals surface area (Å²) in [6.45, 7) is 10.4. The molecule has 0 bridgehead atoms. The van der Waals surface area contributed by atoms with Crippen LogP contribution in [-0.4, -0.2) is 30.3 Å². The lowest BCUT2D eigenvalue weighted by atomic mass is 9.82. The maximum atomic E-state index is 10.8. The number of hydrogen-bond donors (Lipinski definition) is 1. The molecule has 2 rings (SSSR count). The fraction of sp³-hybridized carbons (Fsp3) is 0.588. The van der Waals surface area contributed by atoms with Crippen molar-refractivity contribution < 1.29 is 14.6 Å². The number of anilines is 1. The number of carboxylic acid groups (broad SMARTS) is 1. The van der Waals surface area contributed by atoms with Gasteiger partial charge in [-0.3, -0.25) is 0 Å². The van der Waals surface area contributed by atoms with Crippen LogP contribution in [0.25, 0.3) is 0 Å². The van der Waals surface area contributed by atoms with Crippen molar-refractivity contribution in [2.75, 3.05) is 18.6 Å². The van der Waals surface area contributed by atoms with Crippen LogP contribution in [-0.2, 0) is 11.2 Å². The number of aliphatic carboxylic acids is 1. The number of benzene rings is 1. The minimum absolute atomic E-state index is 0.139. The second-order valence-corrected chi connectivity index (χ2v) is 6.59. The number of fused-ring (bicyclic) bond motifs is 1. The zero-order chi connectivity index (χ0) is 15.9. The van der Waals surface area contributed by atoms with Crippen molar-refractivity contribution in [2.24, 2.45) is 0 Å². The summed E-state index contributed by atoms with van der Waals surface area (Å²) in [4.78, 5) is 13.1. The van der Waals surface area contributed by atoms with Gasteiger partial charge in [0.15, 0.2) is 6.61 Å². The Bertz CT molecular complexity index is 590. The van der Waals surface area contributed by atoms with E-state index in [-0.39, 0.29) is 12.1 Å². The number of carbonyl (C=O) groups is 1. The zero-order valence-electron chi connectivity index (χ0n) is 13.8. The monoisotopic (exact) mass is 291 g/mol. The summed E-state index contributed by atoms with van der Waals surface area (Å²) in [5.41, 5.74) is 6.02. The lowest BCUT2D eigenvalue weighted by molar-refractivity contribution is -0.139. The number of rotatable bonds is 3. The van der Waals surface area contributed by atoms with E-state index in [0.717, 1.165) is 29.7 Å². The average molecular weight is 291 g/mol. The van der Waals surface area contributed by atoms with Crippen molar-refractivity contribution in [1.82, 2.24) is 0 Å². The zero-order valence-corrected chi connectivity index (χ0v) is 13.8. The van der Waals surface area contributed by atoms with E-state index >= 15 is 0 Å². The van der Waals surface area contributed by atoms with E-state index in [0.29, 0.717) is 0 Å². The molecule has 0 saturated heterocycles. The largest absolute Gasteiger partial charge is 0.481 e. The molecule has 1 N–H and O–H groups in total. The molecule has 0 aliphatic carbocycles. The highest BCUT2D eigenvalue weighted by Gasteiger charge is 2.33. The van der Waals surface area contributed by atoms with Gasteiger partial charge in [-0.2, -0.15) is 0 Å². The maximum Gasteiger partial charge on any atom is 0.341 e. The summed E-state index contributed by atoms with van der Waals surface area (Å²) in [5.74, 6) is -0.204. The minimum atomic E-state index is -0.942. The van der Waals surface area contributed by atoms with Crippen molar-refractivity contribution in [2.45, 2.75) is 53.0 Å². The molecule has 1 heterocycles. The topological polar surface area (TPSA) is 49.8 Å². The molecule has 0 unspecified atom stereocenters. The van der Waals surface area contributed by atoms with Crippen LogP contribution >= 0.6 is 0 Å². The summed E-state index contributed by atoms with van der Waals surface area (Å²) in [6, 6.07) is 0. The number of hydrogen-bond acceptors (Lipinski definition) is 3. The van der Waals surface area contributed by atoms with E-state index in [2.05, 4.69) is 32.7 Å². The Labute approximate surface area is 126 Å². The lowest BCUT2D eigenvalue weighted by Crippen LogP contribution is -2.45. The van der Waals surface area contributed by atoms with Gasteiger partial charge in [-0.05, 0) is 69.7 Å². The van der Waals surface area contributed by atoms with E-state index in [9.17, 15) is 4.79 Å². The molecule has 0 radical (unpaired) electrons. The highest BCUT2D eigenvalue weighted by atomic mass is 16.5. The van der Waals surface area contributed by atoms with Crippen molar-refractivity contribution in [3.63, 3.8) is 0 Å². The average Bonchev–Trinajstić information content (AvgIpc) is 2.39. The molecule has 4 nitrogen and oxygen atoms in total. The van der Waals surface area contributed by atoms with Gasteiger partial charge in [0, 0.05) is 18.3 Å². The lowest BCUT2D eigenvalue weighted by Gasteiger charge is -2.44. The van der Waals surface area contributed by atoms with Crippen LogP contribution in [0, 0.1) is 20.8 Å². The molecule has 1 aromatic carbocycles. The Morgan fingerprint density at radius 2 is 1.86 bits per heavy atom. The van der Waals surface area contributed by atoms with Crippen LogP contribution in [0.3, 0.4) is 0 Å². The first-order valence-electron chi connectivity index (χ1n) is 7.38. The van der Waals surface area contributed by atoms with E-state index in [4.69, 9.17) is 9.84 Å². The number of nitrogens with zero attached hydrogens (tertiary/aromatic N) is 1. The molecule has 116 valence electrons. The normalized spacial score (nSPS) is 16.6. The second-order valence-electron chi connectivity index (χ2n) is 6.59. The van der Waals surface area contributed by atoms with E-state index in [1.165, 1.54) is 16.8 Å². The van der Waals surface area contributed by atoms with Crippen LogP contribution in [0.4, 0.5) is 5.69 Å². The maximum absolute atomic E-state index is 10.8. The van der Waals surface area contributed by atoms with E-state index in [1.54, 1.807) is 0 Å². The third-order valence-corrected chi connectivity index (χ3v) is 4.91. The molecular weight excluding hydrogens is 266 g/mol. The molecule has 0 spiro atoms. The van der Waals surface area contributed by atoms with Gasteiger partial charge in [-0.25, -0.2) is 4.79 Å². The van der Waals surface area contributed by atoms with Crippen LogP contribution < -0.4 is 9.64 Å². The molecule has 0 saturated carbocycles. The second kappa shape index (κ2) is 5.24. The molecule has 1 aliphatic heterocycles. The molecule has 0 amide bonds. The molecular formula is C17H25NO3. The fourth-order valence-corrected chi connectivity index (χ4v) is 3.18. The predicted octanol–water partition coefficient (Wildman–Crippen LogP) is 3.24. The third kappa shape index (κ3) is 2.59. The summed E-state index contributed by atoms with van der Waals surface area (Å²) in [7, 11) is 2.14. The van der Waals surface area contributed by atoms with E-state index in [1.807, 2.05) is 13.8 Å². The van der Waals surface area contributed by atoms with Gasteiger partial charge >= 0.3 is 5.97 Å². The van der Waals surface area contributed by atoms with Crippen LogP contribution in [0.15, 0.2) is 0 Å². The summed E-state index contributed by atoms with van der Waals surface area (Å²) in [5, 5.41) is 8.84. The van der Waals surface area contributed by atoms with Crippen LogP contribution in [0.5, 0.6) is 5.75 Å². The SMILES string of the molecule is Cc1c(C)c2c(c(C)c1OCC(=O)O)CCC(C)(C)N2C. The highest BCUT2D eigenvalue weighted by molar-refractivity contribution is 5.72. The molecule has 0 fully saturated rings. The van der Waals surface area contributed by atoms with Crippen molar-refractivity contribution in [1.29, 1.82) is 0 Å². The molecule has 4 heteroatoms. The third-order valence-electron chi connectivity index (χ3n) is 4.91. The van der Waals surface area contributed by atoms with Gasteiger partial charge < -0.3 is 14.7 Å². The van der Waals surface area contributed by atoms with Gasteiger partial charge in [-0.1, -0.05) is 0 Å². The molecule has 1 aromatic rings. The summed E-state index contributed by atoms with van der Waals surface area (Å²) in [6.07, 6.45) is 2.08. The van der Waals surface area contributed by atoms with Crippen molar-refractivity contribution in [3.05, 3.63) is 22.3 Å². The number of carboxylic acids is 1. The highest BCUT2D eigenvalue weighted by Crippen LogP contribution is 2.44. The standard InChI is InChI=1S/C17H25NO3/c1-10-11(2)16(21-9-14(19)20)12(3)13-7-8-17(4,5)18(6)15(10)13/h7-9H2,1-6H3,(H,19,20). The quantitative estimate of drug-likeness (QED) is 0.929. The van der Waals surface area contributed by atoms with Crippen molar-refractivity contribution >= 4 is 11.7 Å². The van der Waals surface area contributed by atoms with Crippen molar-refractivity contribution in [3.8, 4) is 5.75 Å². The van der Waals surface area contributed by atoms with E-state index < -0.39 is 5.97 Å². The number of ether oxygens (including phenoxy) is 1. The first-order valence-corrected chi connectivity index (χ1v) is 7.38. The van der Waals surface area contributed by atoms with Gasteiger partial charge in [-0.15, -0.1) is 0 Å². The Hall–Kier alpha value is -1.71. The fourth-order valence-electron chi connectivity index (χ4n) is 3.18. The van der Waals surface area contributed by atoms with Crippen LogP contribution in [0.1, 0.15) is 42.5 Å². The molecule has 0 atom stereocenters. The van der Waals surface area contributed by atoms with Crippen LogP contribution in [0.2, 0.25) is 0 Å². The summed E-state index contributed by atoms with van der Waals surface area (Å²) >= 11 is 0. The molecule has 0 aromatic heterocycles. The Kier molecular flexibility index (Phi) is 3.91. The predicted molar refractivity (Wildman–Crippen MR) is 84.6 cm³/mol. The Balaban J connectivity index is 2.56. The van der Waals surface area contributed by atoms with Gasteiger partial charge in [0.25, 0.3) is 0 Å². The van der Waals surface area contributed by atoms with Gasteiger partial charge in [0.1, 0.15) is 5.75 Å². The Morgan fingerprint density at radius 1 is 1.24 bits per heavy atom. The minimum Gasteiger partial charge on any atom is -0.481 e. The smallest absolute Gasteiger partial charge is 0.341 e. The first kappa shape index (κ1) is 15.7. The van der Waals surface area contributed by atoms with Gasteiger partial charge in [0.2, 0.25) is 0 Å².